The zero-order valence-corrected chi connectivity index (χ0v) is 23.0. The summed E-state index contributed by atoms with van der Waals surface area (Å²) in [7, 11) is 3.05. The van der Waals surface area contributed by atoms with Gasteiger partial charge in [-0.2, -0.15) is 18.4 Å². The van der Waals surface area contributed by atoms with Crippen LogP contribution in [0.2, 0.25) is 0 Å². The summed E-state index contributed by atoms with van der Waals surface area (Å²) >= 11 is 0. The van der Waals surface area contributed by atoms with Gasteiger partial charge < -0.3 is 9.47 Å². The van der Waals surface area contributed by atoms with Crippen molar-refractivity contribution in [2.24, 2.45) is 0 Å². The van der Waals surface area contributed by atoms with Crippen molar-refractivity contribution in [1.29, 1.82) is 5.26 Å². The van der Waals surface area contributed by atoms with Gasteiger partial charge in [0.25, 0.3) is 0 Å². The smallest absolute Gasteiger partial charge is 0.416 e. The Morgan fingerprint density at radius 2 is 2.00 bits per heavy atom. The number of ether oxygens (including phenoxy) is 2. The summed E-state index contributed by atoms with van der Waals surface area (Å²) < 4.78 is 52.5. The van der Waals surface area contributed by atoms with E-state index in [1.54, 1.807) is 25.1 Å². The van der Waals surface area contributed by atoms with Gasteiger partial charge in [-0.15, -0.1) is 5.10 Å². The number of methoxy groups -OCH3 is 1. The highest BCUT2D eigenvalue weighted by Gasteiger charge is 2.41. The van der Waals surface area contributed by atoms with Gasteiger partial charge in [-0.05, 0) is 62.4 Å². The monoisotopic (exact) mass is 570 g/mol. The lowest BCUT2D eigenvalue weighted by Gasteiger charge is -2.36. The van der Waals surface area contributed by atoms with Gasteiger partial charge in [0, 0.05) is 31.1 Å². The van der Waals surface area contributed by atoms with Crippen LogP contribution in [-0.4, -0.2) is 59.5 Å². The molecule has 41 heavy (non-hydrogen) atoms. The standard InChI is InChI=1S/C28H29F3N6O4/c1-5-41-12-11-35(3)16-19-13-18(15-32)9-10-22(19)24-23(25(38)40-4)17(2)36(26-33-34-27(39)37(24)26)21-8-6-7-20(14-21)28(29,30)31/h6-10,13-14,24H,5,11-12,16H2,1-4H3,(H,34,39)/t24-/m1/s1. The lowest BCUT2D eigenvalue weighted by atomic mass is 9.90. The molecule has 0 bridgehead atoms. The van der Waals surface area contributed by atoms with Crippen LogP contribution >= 0.6 is 0 Å². The van der Waals surface area contributed by atoms with E-state index in [4.69, 9.17) is 9.47 Å². The van der Waals surface area contributed by atoms with E-state index in [-0.39, 0.29) is 22.9 Å². The van der Waals surface area contributed by atoms with E-state index in [1.807, 2.05) is 18.9 Å². The van der Waals surface area contributed by atoms with E-state index in [0.717, 1.165) is 12.1 Å². The number of alkyl halides is 3. The van der Waals surface area contributed by atoms with E-state index in [0.29, 0.717) is 43.0 Å². The number of aromatic amines is 1. The molecule has 1 aliphatic rings. The van der Waals surface area contributed by atoms with Crippen molar-refractivity contribution in [1.82, 2.24) is 19.7 Å². The van der Waals surface area contributed by atoms with Crippen molar-refractivity contribution < 1.29 is 27.4 Å². The number of nitrogens with one attached hydrogen (secondary N) is 1. The van der Waals surface area contributed by atoms with E-state index >= 15 is 0 Å². The molecule has 0 spiro atoms. The average molecular weight is 571 g/mol. The van der Waals surface area contributed by atoms with Gasteiger partial charge in [-0.25, -0.2) is 19.3 Å². The molecule has 0 fully saturated rings. The van der Waals surface area contributed by atoms with E-state index in [9.17, 15) is 28.0 Å². The Morgan fingerprint density at radius 1 is 1.24 bits per heavy atom. The Morgan fingerprint density at radius 3 is 2.66 bits per heavy atom. The summed E-state index contributed by atoms with van der Waals surface area (Å²) in [5.74, 6) is -0.785. The van der Waals surface area contributed by atoms with Gasteiger partial charge in [-0.3, -0.25) is 9.80 Å². The summed E-state index contributed by atoms with van der Waals surface area (Å²) in [6.07, 6.45) is -4.62. The number of hydrogen-bond donors (Lipinski definition) is 1. The maximum atomic E-state index is 13.6. The number of esters is 1. The van der Waals surface area contributed by atoms with Crippen LogP contribution in [0.25, 0.3) is 0 Å². The van der Waals surface area contributed by atoms with Crippen LogP contribution in [0.3, 0.4) is 0 Å². The quantitative estimate of drug-likeness (QED) is 0.302. The predicted molar refractivity (Wildman–Crippen MR) is 143 cm³/mol. The lowest BCUT2D eigenvalue weighted by molar-refractivity contribution is -0.138. The number of likely N-dealkylation sites (N-methyl/N-ethyl adjacent to an activating group) is 1. The van der Waals surface area contributed by atoms with Crippen molar-refractivity contribution >= 4 is 17.6 Å². The number of fused-ring (bicyclic) bond motifs is 1. The third-order valence-corrected chi connectivity index (χ3v) is 6.81. The summed E-state index contributed by atoms with van der Waals surface area (Å²) in [6, 6.07) is 10.5. The fourth-order valence-corrected chi connectivity index (χ4v) is 4.89. The van der Waals surface area contributed by atoms with E-state index in [1.165, 1.54) is 28.7 Å². The molecule has 3 aromatic rings. The highest BCUT2D eigenvalue weighted by atomic mass is 19.4. The number of benzene rings is 2. The predicted octanol–water partition coefficient (Wildman–Crippen LogP) is 4.12. The first-order valence-electron chi connectivity index (χ1n) is 12.7. The van der Waals surface area contributed by atoms with Crippen LogP contribution in [0.4, 0.5) is 24.8 Å². The van der Waals surface area contributed by atoms with E-state index < -0.39 is 29.4 Å². The zero-order valence-electron chi connectivity index (χ0n) is 23.0. The molecule has 0 amide bonds. The summed E-state index contributed by atoms with van der Waals surface area (Å²) in [6.45, 7) is 5.41. The molecule has 2 heterocycles. The van der Waals surface area contributed by atoms with Crippen LogP contribution in [0.15, 0.2) is 58.5 Å². The van der Waals surface area contributed by atoms with Gasteiger partial charge >= 0.3 is 17.8 Å². The molecule has 0 radical (unpaired) electrons. The molecule has 1 aromatic heterocycles. The normalized spacial score (nSPS) is 15.2. The molecule has 0 saturated carbocycles. The molecule has 216 valence electrons. The molecule has 0 aliphatic carbocycles. The maximum absolute atomic E-state index is 13.6. The van der Waals surface area contributed by atoms with Crippen molar-refractivity contribution in [2.75, 3.05) is 38.8 Å². The number of hydrogen-bond acceptors (Lipinski definition) is 8. The lowest BCUT2D eigenvalue weighted by Crippen LogP contribution is -2.38. The number of halogens is 3. The van der Waals surface area contributed by atoms with Crippen LogP contribution < -0.4 is 10.6 Å². The van der Waals surface area contributed by atoms with Gasteiger partial charge in [-0.1, -0.05) is 12.1 Å². The number of carbonyl (C=O) groups excluding carboxylic acids is 1. The molecule has 4 rings (SSSR count). The maximum Gasteiger partial charge on any atom is 0.416 e. The largest absolute Gasteiger partial charge is 0.466 e. The van der Waals surface area contributed by atoms with Gasteiger partial charge in [0.2, 0.25) is 5.95 Å². The molecular weight excluding hydrogens is 541 g/mol. The number of aromatic nitrogens is 3. The fraction of sp³-hybridized carbons (Fsp3) is 0.357. The Labute approximate surface area is 234 Å². The number of carbonyl (C=O) groups is 1. The number of anilines is 2. The molecule has 1 N–H and O–H groups in total. The number of nitrogens with zero attached hydrogens (tertiary/aromatic N) is 5. The van der Waals surface area contributed by atoms with Crippen molar-refractivity contribution in [3.05, 3.63) is 86.5 Å². The topological polar surface area (TPSA) is 116 Å². The van der Waals surface area contributed by atoms with Crippen LogP contribution in [-0.2, 0) is 27.0 Å². The Kier molecular flexibility index (Phi) is 8.65. The highest BCUT2D eigenvalue weighted by Crippen LogP contribution is 2.43. The molecule has 10 nitrogen and oxygen atoms in total. The Balaban J connectivity index is 1.94. The third kappa shape index (κ3) is 5.89. The second-order valence-corrected chi connectivity index (χ2v) is 9.44. The fourth-order valence-electron chi connectivity index (χ4n) is 4.89. The zero-order chi connectivity index (χ0) is 29.9. The minimum Gasteiger partial charge on any atom is -0.466 e. The second-order valence-electron chi connectivity index (χ2n) is 9.44. The Hall–Kier alpha value is -4.41. The number of nitriles is 1. The van der Waals surface area contributed by atoms with Crippen LogP contribution in [0, 0.1) is 11.3 Å². The summed E-state index contributed by atoms with van der Waals surface area (Å²) in [4.78, 5) is 29.8. The SMILES string of the molecule is CCOCCN(C)Cc1cc(C#N)ccc1[C@@H]1C(C(=O)OC)=C(C)N(c2cccc(C(F)(F)F)c2)c2n[nH]c(=O)n21. The molecule has 1 atom stereocenters. The van der Waals surface area contributed by atoms with Crippen molar-refractivity contribution in [2.45, 2.75) is 32.6 Å². The highest BCUT2D eigenvalue weighted by molar-refractivity contribution is 5.93. The van der Waals surface area contributed by atoms with E-state index in [2.05, 4.69) is 16.3 Å². The van der Waals surface area contributed by atoms with Crippen molar-refractivity contribution in [3.8, 4) is 6.07 Å². The molecule has 2 aromatic carbocycles. The first-order chi connectivity index (χ1) is 19.5. The second kappa shape index (κ2) is 12.0. The molecule has 13 heteroatoms. The minimum absolute atomic E-state index is 0.00973. The number of rotatable bonds is 9. The average Bonchev–Trinajstić information content (AvgIpc) is 3.32. The first-order valence-corrected chi connectivity index (χ1v) is 12.7. The third-order valence-electron chi connectivity index (χ3n) is 6.81. The molecule has 1 aliphatic heterocycles. The van der Waals surface area contributed by atoms with Crippen molar-refractivity contribution in [3.63, 3.8) is 0 Å². The molecule has 0 unspecified atom stereocenters. The summed E-state index contributed by atoms with van der Waals surface area (Å²) in [5.41, 5.74) is 0.289. The molecular formula is C28H29F3N6O4. The van der Waals surface area contributed by atoms with Gasteiger partial charge in [0.1, 0.15) is 6.04 Å². The number of allylic oxidation sites excluding steroid dienone is 1. The summed E-state index contributed by atoms with van der Waals surface area (Å²) in [5, 5.41) is 16.1. The first kappa shape index (κ1) is 29.6. The Bertz CT molecular complexity index is 1570. The van der Waals surface area contributed by atoms with Gasteiger partial charge in [0.05, 0.1) is 36.5 Å². The number of H-pyrrole nitrogens is 1. The van der Waals surface area contributed by atoms with Crippen LogP contribution in [0.1, 0.15) is 42.1 Å². The van der Waals surface area contributed by atoms with Crippen LogP contribution in [0.5, 0.6) is 0 Å². The van der Waals surface area contributed by atoms with Gasteiger partial charge in [0.15, 0.2) is 0 Å². The molecule has 0 saturated heterocycles. The minimum atomic E-state index is -4.62.